The predicted molar refractivity (Wildman–Crippen MR) is 87.2 cm³/mol. The number of likely N-dealkylation sites (tertiary alicyclic amines) is 1. The summed E-state index contributed by atoms with van der Waals surface area (Å²) in [5.74, 6) is 0.501. The van der Waals surface area contributed by atoms with Crippen LogP contribution in [0.15, 0.2) is 42.5 Å². The van der Waals surface area contributed by atoms with Crippen LogP contribution in [-0.4, -0.2) is 42.2 Å². The third-order valence-electron chi connectivity index (χ3n) is 3.76. The van der Waals surface area contributed by atoms with Crippen molar-refractivity contribution in [3.63, 3.8) is 0 Å². The normalized spacial score (nSPS) is 14.5. The zero-order chi connectivity index (χ0) is 18.7. The van der Waals surface area contributed by atoms with Gasteiger partial charge >= 0.3 is 12.2 Å². The molecule has 1 aliphatic heterocycles. The van der Waals surface area contributed by atoms with Gasteiger partial charge in [-0.3, -0.25) is 0 Å². The summed E-state index contributed by atoms with van der Waals surface area (Å²) in [5, 5.41) is 2.72. The predicted octanol–water partition coefficient (Wildman–Crippen LogP) is 3.40. The summed E-state index contributed by atoms with van der Waals surface area (Å²) < 4.78 is 48.4. The summed E-state index contributed by atoms with van der Waals surface area (Å²) in [6.07, 6.45) is -4.93. The smallest absolute Gasteiger partial charge is 0.433 e. The van der Waals surface area contributed by atoms with Crippen LogP contribution >= 0.6 is 0 Å². The van der Waals surface area contributed by atoms with Crippen LogP contribution in [0.25, 0.3) is 0 Å². The fraction of sp³-hybridized carbons (Fsp3) is 0.294. The van der Waals surface area contributed by atoms with Gasteiger partial charge in [0.15, 0.2) is 0 Å². The van der Waals surface area contributed by atoms with Gasteiger partial charge in [0.25, 0.3) is 0 Å². The van der Waals surface area contributed by atoms with Crippen LogP contribution in [0.1, 0.15) is 5.69 Å². The first kappa shape index (κ1) is 17.8. The Morgan fingerprint density at radius 1 is 1.23 bits per heavy atom. The van der Waals surface area contributed by atoms with E-state index in [-0.39, 0.29) is 25.0 Å². The quantitative estimate of drug-likeness (QED) is 0.900. The van der Waals surface area contributed by atoms with E-state index in [0.29, 0.717) is 11.4 Å². The number of hydrogen-bond acceptors (Lipinski definition) is 4. The van der Waals surface area contributed by atoms with Crippen LogP contribution in [0.3, 0.4) is 0 Å². The first-order valence-corrected chi connectivity index (χ1v) is 7.76. The van der Waals surface area contributed by atoms with E-state index in [0.717, 1.165) is 6.07 Å². The minimum Gasteiger partial charge on any atom is -0.497 e. The van der Waals surface area contributed by atoms with Gasteiger partial charge in [0.1, 0.15) is 17.5 Å². The minimum atomic E-state index is -4.53. The first-order chi connectivity index (χ1) is 12.3. The maximum Gasteiger partial charge on any atom is 0.433 e. The second kappa shape index (κ2) is 7.11. The number of carbonyl (C=O) groups excluding carboxylic acids is 1. The molecule has 0 atom stereocenters. The van der Waals surface area contributed by atoms with Crippen LogP contribution in [0.2, 0.25) is 0 Å². The lowest BCUT2D eigenvalue weighted by Crippen LogP contribution is -2.57. The number of benzene rings is 1. The highest BCUT2D eigenvalue weighted by atomic mass is 19.4. The average molecular weight is 367 g/mol. The molecule has 0 bridgehead atoms. The molecule has 1 N–H and O–H groups in total. The third-order valence-corrected chi connectivity index (χ3v) is 3.76. The lowest BCUT2D eigenvalue weighted by molar-refractivity contribution is -0.141. The standard InChI is InChI=1S/C17H16F3N3O3/c1-25-12-5-2-4-11(8-12)21-16(24)23-9-13(10-23)26-15-7-3-6-14(22-15)17(18,19)20/h2-8,13H,9-10H2,1H3,(H,21,24). The van der Waals surface area contributed by atoms with E-state index in [4.69, 9.17) is 9.47 Å². The third kappa shape index (κ3) is 4.16. The Labute approximate surface area is 147 Å². The summed E-state index contributed by atoms with van der Waals surface area (Å²) in [6.45, 7) is 0.515. The van der Waals surface area contributed by atoms with Crippen LogP contribution in [-0.2, 0) is 6.18 Å². The molecule has 1 aromatic carbocycles. The molecular formula is C17H16F3N3O3. The number of halogens is 3. The molecule has 1 aromatic heterocycles. The highest BCUT2D eigenvalue weighted by Gasteiger charge is 2.35. The van der Waals surface area contributed by atoms with E-state index in [9.17, 15) is 18.0 Å². The van der Waals surface area contributed by atoms with Gasteiger partial charge in [-0.2, -0.15) is 13.2 Å². The van der Waals surface area contributed by atoms with Crippen molar-refractivity contribution in [3.05, 3.63) is 48.2 Å². The van der Waals surface area contributed by atoms with Gasteiger partial charge in [0.05, 0.1) is 20.2 Å². The molecule has 2 amide bonds. The molecule has 2 heterocycles. The molecule has 2 aromatic rings. The maximum atomic E-state index is 12.6. The Hall–Kier alpha value is -2.97. The second-order valence-electron chi connectivity index (χ2n) is 5.67. The number of urea groups is 1. The van der Waals surface area contributed by atoms with Crippen molar-refractivity contribution >= 4 is 11.7 Å². The van der Waals surface area contributed by atoms with E-state index >= 15 is 0 Å². The molecular weight excluding hydrogens is 351 g/mol. The monoisotopic (exact) mass is 367 g/mol. The highest BCUT2D eigenvalue weighted by molar-refractivity contribution is 5.90. The van der Waals surface area contributed by atoms with E-state index in [1.165, 1.54) is 24.1 Å². The second-order valence-corrected chi connectivity index (χ2v) is 5.67. The Morgan fingerprint density at radius 2 is 1.96 bits per heavy atom. The van der Waals surface area contributed by atoms with Crippen molar-refractivity contribution in [2.24, 2.45) is 0 Å². The van der Waals surface area contributed by atoms with Crippen LogP contribution in [0, 0.1) is 0 Å². The van der Waals surface area contributed by atoms with E-state index in [1.807, 2.05) is 0 Å². The van der Waals surface area contributed by atoms with Gasteiger partial charge in [-0.25, -0.2) is 9.78 Å². The number of pyridine rings is 1. The van der Waals surface area contributed by atoms with Gasteiger partial charge in [0.2, 0.25) is 5.88 Å². The fourth-order valence-corrected chi connectivity index (χ4v) is 2.39. The van der Waals surface area contributed by atoms with Gasteiger partial charge in [-0.05, 0) is 18.2 Å². The molecule has 138 valence electrons. The molecule has 0 aliphatic carbocycles. The molecule has 9 heteroatoms. The number of carbonyl (C=O) groups is 1. The van der Waals surface area contributed by atoms with Crippen molar-refractivity contribution in [1.82, 2.24) is 9.88 Å². The largest absolute Gasteiger partial charge is 0.497 e. The Morgan fingerprint density at radius 3 is 2.65 bits per heavy atom. The van der Waals surface area contributed by atoms with Crippen LogP contribution in [0.5, 0.6) is 11.6 Å². The number of rotatable bonds is 4. The van der Waals surface area contributed by atoms with Crippen molar-refractivity contribution in [2.45, 2.75) is 12.3 Å². The number of ether oxygens (including phenoxy) is 2. The Balaban J connectivity index is 1.52. The molecule has 0 radical (unpaired) electrons. The number of hydrogen-bond donors (Lipinski definition) is 1. The summed E-state index contributed by atoms with van der Waals surface area (Å²) in [5.41, 5.74) is -0.430. The molecule has 26 heavy (non-hydrogen) atoms. The number of methoxy groups -OCH3 is 1. The number of alkyl halides is 3. The summed E-state index contributed by atoms with van der Waals surface area (Å²) >= 11 is 0. The molecule has 3 rings (SSSR count). The highest BCUT2D eigenvalue weighted by Crippen LogP contribution is 2.29. The Bertz CT molecular complexity index is 792. The van der Waals surface area contributed by atoms with Crippen molar-refractivity contribution in [1.29, 1.82) is 0 Å². The zero-order valence-corrected chi connectivity index (χ0v) is 13.8. The van der Waals surface area contributed by atoms with Crippen LogP contribution < -0.4 is 14.8 Å². The lowest BCUT2D eigenvalue weighted by atomic mass is 10.2. The molecule has 1 saturated heterocycles. The number of nitrogens with zero attached hydrogens (tertiary/aromatic N) is 2. The molecule has 1 aliphatic rings. The van der Waals surface area contributed by atoms with E-state index in [2.05, 4.69) is 10.3 Å². The van der Waals surface area contributed by atoms with Crippen LogP contribution in [0.4, 0.5) is 23.7 Å². The topological polar surface area (TPSA) is 63.7 Å². The van der Waals surface area contributed by atoms with Gasteiger partial charge in [-0.1, -0.05) is 12.1 Å². The SMILES string of the molecule is COc1cccc(NC(=O)N2CC(Oc3cccc(C(F)(F)F)n3)C2)c1. The van der Waals surface area contributed by atoms with Gasteiger partial charge in [0, 0.05) is 17.8 Å². The van der Waals surface area contributed by atoms with E-state index < -0.39 is 18.0 Å². The minimum absolute atomic E-state index is 0.113. The summed E-state index contributed by atoms with van der Waals surface area (Å²) in [6, 6.07) is 10.0. The number of nitrogens with one attached hydrogen (secondary N) is 1. The summed E-state index contributed by atoms with van der Waals surface area (Å²) in [4.78, 5) is 17.1. The lowest BCUT2D eigenvalue weighted by Gasteiger charge is -2.38. The maximum absolute atomic E-state index is 12.6. The average Bonchev–Trinajstić information content (AvgIpc) is 2.57. The molecule has 6 nitrogen and oxygen atoms in total. The molecule has 0 unspecified atom stereocenters. The molecule has 0 spiro atoms. The number of amides is 2. The number of anilines is 1. The molecule has 0 saturated carbocycles. The van der Waals surface area contributed by atoms with Gasteiger partial charge < -0.3 is 19.7 Å². The summed E-state index contributed by atoms with van der Waals surface area (Å²) in [7, 11) is 1.53. The fourth-order valence-electron chi connectivity index (χ4n) is 2.39. The van der Waals surface area contributed by atoms with Crippen molar-refractivity contribution < 1.29 is 27.4 Å². The van der Waals surface area contributed by atoms with Gasteiger partial charge in [-0.15, -0.1) is 0 Å². The number of aromatic nitrogens is 1. The van der Waals surface area contributed by atoms with Crippen molar-refractivity contribution in [3.8, 4) is 11.6 Å². The molecule has 1 fully saturated rings. The van der Waals surface area contributed by atoms with Crippen molar-refractivity contribution in [2.75, 3.05) is 25.5 Å². The Kier molecular flexibility index (Phi) is 4.88. The zero-order valence-electron chi connectivity index (χ0n) is 13.8. The first-order valence-electron chi connectivity index (χ1n) is 7.76. The van der Waals surface area contributed by atoms with E-state index in [1.54, 1.807) is 24.3 Å².